The molecule has 9 nitrogen and oxygen atoms in total. The highest BCUT2D eigenvalue weighted by Crippen LogP contribution is 2.35. The van der Waals surface area contributed by atoms with Crippen molar-refractivity contribution >= 4 is 11.0 Å². The van der Waals surface area contributed by atoms with Gasteiger partial charge in [0.25, 0.3) is 5.56 Å². The summed E-state index contributed by atoms with van der Waals surface area (Å²) < 4.78 is 7.93. The van der Waals surface area contributed by atoms with Crippen LogP contribution in [0.15, 0.2) is 11.0 Å². The number of nitrogens with zero attached hydrogens (tertiary/aromatic N) is 5. The Kier molecular flexibility index (Phi) is 2.43. The van der Waals surface area contributed by atoms with E-state index in [2.05, 4.69) is 15.4 Å². The standard InChI is InChI=1S/C11H13N5O4/c17-4-7-8(18)11(20-7)16-10(19)6-3-12-15(5-1-2-5)9(6)13-14-16/h3,5,7-8,11,17-18H,1-2,4H2. The molecule has 20 heavy (non-hydrogen) atoms. The maximum Gasteiger partial charge on any atom is 0.283 e. The van der Waals surface area contributed by atoms with Crippen LogP contribution in [0, 0.1) is 0 Å². The van der Waals surface area contributed by atoms with Crippen LogP contribution in [0.4, 0.5) is 0 Å². The summed E-state index contributed by atoms with van der Waals surface area (Å²) in [6.07, 6.45) is 0.978. The van der Waals surface area contributed by atoms with Gasteiger partial charge in [-0.1, -0.05) is 5.21 Å². The van der Waals surface area contributed by atoms with Gasteiger partial charge in [-0.2, -0.15) is 9.78 Å². The molecule has 2 fully saturated rings. The van der Waals surface area contributed by atoms with Gasteiger partial charge in [-0.05, 0) is 12.8 Å². The Bertz CT molecular complexity index is 721. The number of rotatable bonds is 3. The first-order valence-corrected chi connectivity index (χ1v) is 6.48. The summed E-state index contributed by atoms with van der Waals surface area (Å²) in [5, 5.41) is 31.1. The van der Waals surface area contributed by atoms with Gasteiger partial charge < -0.3 is 14.9 Å². The molecule has 3 unspecified atom stereocenters. The first-order valence-electron chi connectivity index (χ1n) is 6.48. The summed E-state index contributed by atoms with van der Waals surface area (Å²) in [4.78, 5) is 12.3. The molecule has 1 saturated heterocycles. The zero-order chi connectivity index (χ0) is 13.9. The Morgan fingerprint density at radius 3 is 2.85 bits per heavy atom. The second-order valence-corrected chi connectivity index (χ2v) is 5.14. The van der Waals surface area contributed by atoms with Crippen molar-refractivity contribution in [3.63, 3.8) is 0 Å². The lowest BCUT2D eigenvalue weighted by Gasteiger charge is -2.39. The van der Waals surface area contributed by atoms with Gasteiger partial charge in [0.2, 0.25) is 0 Å². The van der Waals surface area contributed by atoms with Gasteiger partial charge >= 0.3 is 0 Å². The maximum atomic E-state index is 12.3. The quantitative estimate of drug-likeness (QED) is 0.708. The molecule has 0 aromatic carbocycles. The van der Waals surface area contributed by atoms with E-state index in [1.54, 1.807) is 4.68 Å². The first kappa shape index (κ1) is 11.9. The second kappa shape index (κ2) is 4.08. The molecule has 0 radical (unpaired) electrons. The second-order valence-electron chi connectivity index (χ2n) is 5.14. The number of hydrogen-bond acceptors (Lipinski definition) is 7. The Balaban J connectivity index is 1.75. The Morgan fingerprint density at radius 1 is 1.40 bits per heavy atom. The van der Waals surface area contributed by atoms with E-state index in [1.165, 1.54) is 6.20 Å². The van der Waals surface area contributed by atoms with Crippen molar-refractivity contribution in [3.05, 3.63) is 16.6 Å². The van der Waals surface area contributed by atoms with Gasteiger partial charge in [0.1, 0.15) is 17.6 Å². The minimum absolute atomic E-state index is 0.304. The lowest BCUT2D eigenvalue weighted by Crippen LogP contribution is -2.55. The zero-order valence-corrected chi connectivity index (χ0v) is 10.5. The van der Waals surface area contributed by atoms with Crippen LogP contribution in [-0.2, 0) is 4.74 Å². The number of fused-ring (bicyclic) bond motifs is 1. The molecule has 0 bridgehead atoms. The zero-order valence-electron chi connectivity index (χ0n) is 10.5. The monoisotopic (exact) mass is 279 g/mol. The van der Waals surface area contributed by atoms with Crippen LogP contribution in [0.25, 0.3) is 11.0 Å². The third-order valence-corrected chi connectivity index (χ3v) is 3.74. The summed E-state index contributed by atoms with van der Waals surface area (Å²) >= 11 is 0. The summed E-state index contributed by atoms with van der Waals surface area (Å²) in [5.41, 5.74) is 0.0589. The molecule has 0 spiro atoms. The number of aliphatic hydroxyl groups is 2. The lowest BCUT2D eigenvalue weighted by molar-refractivity contribution is -0.270. The highest BCUT2D eigenvalue weighted by Gasteiger charge is 2.43. The Labute approximate surface area is 112 Å². The third-order valence-electron chi connectivity index (χ3n) is 3.74. The molecule has 0 amide bonds. The highest BCUT2D eigenvalue weighted by molar-refractivity contribution is 5.72. The van der Waals surface area contributed by atoms with Crippen molar-refractivity contribution in [1.29, 1.82) is 0 Å². The van der Waals surface area contributed by atoms with E-state index >= 15 is 0 Å². The molecule has 2 N–H and O–H groups in total. The SMILES string of the molecule is O=c1c2cnn(C3CC3)c2nnn1C1OC(CO)C1O. The molecule has 106 valence electrons. The van der Waals surface area contributed by atoms with Gasteiger partial charge in [-0.25, -0.2) is 4.68 Å². The smallest absolute Gasteiger partial charge is 0.283 e. The van der Waals surface area contributed by atoms with Crippen LogP contribution < -0.4 is 5.56 Å². The molecule has 1 aliphatic carbocycles. The molecule has 9 heteroatoms. The molecule has 2 aliphatic rings. The molecule has 4 rings (SSSR count). The maximum absolute atomic E-state index is 12.3. The summed E-state index contributed by atoms with van der Waals surface area (Å²) in [7, 11) is 0. The van der Waals surface area contributed by atoms with Crippen LogP contribution in [0.2, 0.25) is 0 Å². The van der Waals surface area contributed by atoms with Gasteiger partial charge in [-0.3, -0.25) is 4.79 Å². The predicted octanol–water partition coefficient (Wildman–Crippen LogP) is -1.43. The fraction of sp³-hybridized carbons (Fsp3) is 0.636. The first-order chi connectivity index (χ1) is 9.70. The largest absolute Gasteiger partial charge is 0.394 e. The summed E-state index contributed by atoms with van der Waals surface area (Å²) in [6, 6.07) is 0.307. The number of aromatic nitrogens is 5. The molecule has 1 saturated carbocycles. The van der Waals surface area contributed by atoms with Gasteiger partial charge in [0.05, 0.1) is 18.8 Å². The fourth-order valence-corrected chi connectivity index (χ4v) is 2.40. The molecule has 3 atom stereocenters. The van der Waals surface area contributed by atoms with E-state index in [0.29, 0.717) is 17.1 Å². The van der Waals surface area contributed by atoms with Crippen molar-refractivity contribution in [3.8, 4) is 0 Å². The van der Waals surface area contributed by atoms with Crippen LogP contribution in [0.3, 0.4) is 0 Å². The number of ether oxygens (including phenoxy) is 1. The fourth-order valence-electron chi connectivity index (χ4n) is 2.40. The number of aliphatic hydroxyl groups excluding tert-OH is 2. The van der Waals surface area contributed by atoms with E-state index in [0.717, 1.165) is 17.5 Å². The predicted molar refractivity (Wildman–Crippen MR) is 64.9 cm³/mol. The lowest BCUT2D eigenvalue weighted by atomic mass is 10.1. The minimum Gasteiger partial charge on any atom is -0.394 e. The van der Waals surface area contributed by atoms with Crippen molar-refractivity contribution in [2.75, 3.05) is 6.61 Å². The minimum atomic E-state index is -0.970. The topological polar surface area (TPSA) is 115 Å². The molecule has 2 aromatic rings. The van der Waals surface area contributed by atoms with Gasteiger partial charge in [-0.15, -0.1) is 5.10 Å². The number of hydrogen-bond donors (Lipinski definition) is 2. The van der Waals surface area contributed by atoms with Crippen molar-refractivity contribution in [2.45, 2.75) is 37.3 Å². The molecular weight excluding hydrogens is 266 g/mol. The van der Waals surface area contributed by atoms with E-state index in [9.17, 15) is 9.90 Å². The van der Waals surface area contributed by atoms with Crippen molar-refractivity contribution < 1.29 is 14.9 Å². The molecular formula is C11H13N5O4. The van der Waals surface area contributed by atoms with Crippen LogP contribution >= 0.6 is 0 Å². The van der Waals surface area contributed by atoms with Gasteiger partial charge in [0, 0.05) is 0 Å². The molecule has 1 aliphatic heterocycles. The Hall–Kier alpha value is -1.84. The highest BCUT2D eigenvalue weighted by atomic mass is 16.6. The van der Waals surface area contributed by atoms with Crippen LogP contribution in [0.5, 0.6) is 0 Å². The van der Waals surface area contributed by atoms with E-state index in [-0.39, 0.29) is 6.61 Å². The van der Waals surface area contributed by atoms with E-state index in [1.807, 2.05) is 0 Å². The summed E-state index contributed by atoms with van der Waals surface area (Å²) in [5.74, 6) is 0. The average molecular weight is 279 g/mol. The van der Waals surface area contributed by atoms with Crippen LogP contribution in [0.1, 0.15) is 25.1 Å². The van der Waals surface area contributed by atoms with E-state index in [4.69, 9.17) is 9.84 Å². The van der Waals surface area contributed by atoms with Crippen molar-refractivity contribution in [1.82, 2.24) is 24.8 Å². The molecule has 3 heterocycles. The Morgan fingerprint density at radius 2 is 2.20 bits per heavy atom. The van der Waals surface area contributed by atoms with Gasteiger partial charge in [0.15, 0.2) is 11.9 Å². The van der Waals surface area contributed by atoms with E-state index < -0.39 is 24.0 Å². The third kappa shape index (κ3) is 1.54. The van der Waals surface area contributed by atoms with Crippen LogP contribution in [-0.4, -0.2) is 53.8 Å². The normalized spacial score (nSPS) is 29.6. The average Bonchev–Trinajstić information content (AvgIpc) is 3.20. The van der Waals surface area contributed by atoms with Crippen molar-refractivity contribution in [2.24, 2.45) is 0 Å². The summed E-state index contributed by atoms with van der Waals surface area (Å²) in [6.45, 7) is -0.304. The molecule has 2 aromatic heterocycles.